The Morgan fingerprint density at radius 1 is 1.45 bits per heavy atom. The molecule has 0 bridgehead atoms. The van der Waals surface area contributed by atoms with Crippen LogP contribution in [0, 0.1) is 6.92 Å². The first kappa shape index (κ1) is 16.2. The highest BCUT2D eigenvalue weighted by Crippen LogP contribution is 2.20. The fourth-order valence-corrected chi connectivity index (χ4v) is 2.38. The molecule has 0 fully saturated rings. The summed E-state index contributed by atoms with van der Waals surface area (Å²) in [4.78, 5) is 18.6. The Kier molecular flexibility index (Phi) is 5.31. The third-order valence-electron chi connectivity index (χ3n) is 3.99. The maximum absolute atomic E-state index is 12.7. The lowest BCUT2D eigenvalue weighted by Crippen LogP contribution is -2.30. The maximum Gasteiger partial charge on any atom is 0.257 e. The van der Waals surface area contributed by atoms with E-state index in [0.29, 0.717) is 5.56 Å². The summed E-state index contributed by atoms with van der Waals surface area (Å²) in [5.74, 6) is -0.00315. The Bertz CT molecular complexity index is 621. The van der Waals surface area contributed by atoms with Crippen LogP contribution in [0.1, 0.15) is 54.3 Å². The largest absolute Gasteiger partial charge is 0.335 e. The zero-order valence-electron chi connectivity index (χ0n) is 13.8. The number of rotatable bonds is 6. The Morgan fingerprint density at radius 3 is 2.86 bits per heavy atom. The monoisotopic (exact) mass is 300 g/mol. The van der Waals surface area contributed by atoms with Gasteiger partial charge in [0, 0.05) is 32.2 Å². The van der Waals surface area contributed by atoms with Crippen LogP contribution in [-0.4, -0.2) is 32.6 Å². The second-order valence-corrected chi connectivity index (χ2v) is 5.62. The summed E-state index contributed by atoms with van der Waals surface area (Å²) >= 11 is 0. The van der Waals surface area contributed by atoms with Crippen molar-refractivity contribution in [3.63, 3.8) is 0 Å². The molecule has 0 N–H and O–H groups in total. The molecule has 0 aliphatic carbocycles. The normalized spacial score (nSPS) is 12.2. The summed E-state index contributed by atoms with van der Waals surface area (Å²) in [6, 6.07) is 3.84. The van der Waals surface area contributed by atoms with Crippen molar-refractivity contribution in [1.29, 1.82) is 0 Å². The molecule has 5 nitrogen and oxygen atoms in total. The predicted octanol–water partition coefficient (Wildman–Crippen LogP) is 3.22. The fraction of sp³-hybridized carbons (Fsp3) is 0.471. The van der Waals surface area contributed by atoms with Crippen molar-refractivity contribution in [1.82, 2.24) is 19.7 Å². The third-order valence-corrected chi connectivity index (χ3v) is 3.99. The molecular weight excluding hydrogens is 276 g/mol. The van der Waals surface area contributed by atoms with Gasteiger partial charge in [-0.25, -0.2) is 0 Å². The first-order valence-electron chi connectivity index (χ1n) is 7.75. The Labute approximate surface area is 132 Å². The van der Waals surface area contributed by atoms with Crippen molar-refractivity contribution in [3.05, 3.63) is 47.5 Å². The van der Waals surface area contributed by atoms with E-state index in [1.165, 1.54) is 0 Å². The zero-order chi connectivity index (χ0) is 16.1. The van der Waals surface area contributed by atoms with Gasteiger partial charge in [0.1, 0.15) is 0 Å². The van der Waals surface area contributed by atoms with E-state index < -0.39 is 0 Å². The molecule has 22 heavy (non-hydrogen) atoms. The Hall–Kier alpha value is -2.17. The minimum atomic E-state index is -0.0282. The van der Waals surface area contributed by atoms with E-state index >= 15 is 0 Å². The number of unbranched alkanes of at least 4 members (excludes halogenated alkanes) is 1. The van der Waals surface area contributed by atoms with E-state index in [4.69, 9.17) is 0 Å². The Balaban J connectivity index is 2.15. The van der Waals surface area contributed by atoms with Crippen molar-refractivity contribution in [2.75, 3.05) is 7.05 Å². The summed E-state index contributed by atoms with van der Waals surface area (Å²) in [5.41, 5.74) is 2.48. The number of pyridine rings is 1. The van der Waals surface area contributed by atoms with E-state index in [9.17, 15) is 4.79 Å². The van der Waals surface area contributed by atoms with Gasteiger partial charge < -0.3 is 4.90 Å². The smallest absolute Gasteiger partial charge is 0.257 e. The quantitative estimate of drug-likeness (QED) is 0.823. The zero-order valence-corrected chi connectivity index (χ0v) is 13.8. The van der Waals surface area contributed by atoms with Gasteiger partial charge >= 0.3 is 0 Å². The van der Waals surface area contributed by atoms with Gasteiger partial charge in [-0.2, -0.15) is 5.10 Å². The molecule has 0 unspecified atom stereocenters. The number of aromatic nitrogens is 3. The van der Waals surface area contributed by atoms with Crippen LogP contribution in [0.4, 0.5) is 0 Å². The molecular formula is C17H24N4O. The number of nitrogens with zero attached hydrogens (tertiary/aromatic N) is 4. The van der Waals surface area contributed by atoms with Crippen LogP contribution < -0.4 is 0 Å². The molecule has 0 spiro atoms. The molecule has 2 rings (SSSR count). The SMILES string of the molecule is CCCCn1cc(C(=O)N(C)[C@H](C)c2cccnc2)c(C)n1. The molecule has 0 saturated heterocycles. The summed E-state index contributed by atoms with van der Waals surface area (Å²) < 4.78 is 1.87. The second-order valence-electron chi connectivity index (χ2n) is 5.62. The topological polar surface area (TPSA) is 51.0 Å². The summed E-state index contributed by atoms with van der Waals surface area (Å²) in [7, 11) is 1.82. The number of amides is 1. The van der Waals surface area contributed by atoms with E-state index in [-0.39, 0.29) is 11.9 Å². The highest BCUT2D eigenvalue weighted by Gasteiger charge is 2.22. The molecule has 2 aromatic heterocycles. The molecule has 1 atom stereocenters. The first-order valence-corrected chi connectivity index (χ1v) is 7.75. The third kappa shape index (κ3) is 3.53. The summed E-state index contributed by atoms with van der Waals surface area (Å²) in [6.45, 7) is 6.89. The van der Waals surface area contributed by atoms with Gasteiger partial charge in [-0.05, 0) is 31.9 Å². The molecule has 1 amide bonds. The highest BCUT2D eigenvalue weighted by atomic mass is 16.2. The molecule has 2 aromatic rings. The summed E-state index contributed by atoms with van der Waals surface area (Å²) in [5, 5.41) is 4.44. The van der Waals surface area contributed by atoms with Crippen LogP contribution in [0.15, 0.2) is 30.7 Å². The molecule has 2 heterocycles. The fourth-order valence-electron chi connectivity index (χ4n) is 2.38. The van der Waals surface area contributed by atoms with Crippen molar-refractivity contribution >= 4 is 5.91 Å². The second kappa shape index (κ2) is 7.20. The lowest BCUT2D eigenvalue weighted by atomic mass is 10.1. The van der Waals surface area contributed by atoms with Gasteiger partial charge in [0.05, 0.1) is 17.3 Å². The van der Waals surface area contributed by atoms with Crippen LogP contribution >= 0.6 is 0 Å². The minimum Gasteiger partial charge on any atom is -0.335 e. The molecule has 0 aromatic carbocycles. The number of carbonyl (C=O) groups is 1. The van der Waals surface area contributed by atoms with Gasteiger partial charge in [-0.1, -0.05) is 19.4 Å². The van der Waals surface area contributed by atoms with Crippen molar-refractivity contribution in [3.8, 4) is 0 Å². The molecule has 0 saturated carbocycles. The van der Waals surface area contributed by atoms with E-state index in [0.717, 1.165) is 30.6 Å². The van der Waals surface area contributed by atoms with Crippen LogP contribution in [0.2, 0.25) is 0 Å². The van der Waals surface area contributed by atoms with E-state index in [1.807, 2.05) is 43.9 Å². The lowest BCUT2D eigenvalue weighted by Gasteiger charge is -2.24. The van der Waals surface area contributed by atoms with Crippen LogP contribution in [-0.2, 0) is 6.54 Å². The molecule has 0 radical (unpaired) electrons. The van der Waals surface area contributed by atoms with Crippen LogP contribution in [0.5, 0.6) is 0 Å². The molecule has 118 valence electrons. The maximum atomic E-state index is 12.7. The highest BCUT2D eigenvalue weighted by molar-refractivity contribution is 5.95. The van der Waals surface area contributed by atoms with Crippen LogP contribution in [0.3, 0.4) is 0 Å². The number of aryl methyl sites for hydroxylation is 2. The first-order chi connectivity index (χ1) is 10.5. The van der Waals surface area contributed by atoms with Crippen molar-refractivity contribution in [2.45, 2.75) is 46.2 Å². The number of carbonyl (C=O) groups excluding carboxylic acids is 1. The van der Waals surface area contributed by atoms with Gasteiger partial charge in [-0.3, -0.25) is 14.5 Å². The molecule has 0 aliphatic rings. The molecule has 0 aliphatic heterocycles. The van der Waals surface area contributed by atoms with Gasteiger partial charge in [0.25, 0.3) is 5.91 Å². The average Bonchev–Trinajstić information content (AvgIpc) is 2.92. The van der Waals surface area contributed by atoms with E-state index in [1.54, 1.807) is 17.3 Å². The average molecular weight is 300 g/mol. The minimum absolute atomic E-state index is 0.00315. The van der Waals surface area contributed by atoms with E-state index in [2.05, 4.69) is 17.0 Å². The summed E-state index contributed by atoms with van der Waals surface area (Å²) in [6.07, 6.45) is 7.57. The van der Waals surface area contributed by atoms with Gasteiger partial charge in [-0.15, -0.1) is 0 Å². The standard InChI is InChI=1S/C17H24N4O/c1-5-6-10-21-12-16(13(2)19-21)17(22)20(4)14(3)15-8-7-9-18-11-15/h7-9,11-12,14H,5-6,10H2,1-4H3/t14-/m1/s1. The van der Waals surface area contributed by atoms with Crippen molar-refractivity contribution < 1.29 is 4.79 Å². The van der Waals surface area contributed by atoms with Gasteiger partial charge in [0.15, 0.2) is 0 Å². The van der Waals surface area contributed by atoms with Gasteiger partial charge in [0.2, 0.25) is 0 Å². The van der Waals surface area contributed by atoms with Crippen LogP contribution in [0.25, 0.3) is 0 Å². The predicted molar refractivity (Wildman–Crippen MR) is 86.6 cm³/mol. The van der Waals surface area contributed by atoms with Crippen molar-refractivity contribution in [2.24, 2.45) is 0 Å². The lowest BCUT2D eigenvalue weighted by molar-refractivity contribution is 0.0741. The number of hydrogen-bond acceptors (Lipinski definition) is 3. The molecule has 5 heteroatoms. The number of hydrogen-bond donors (Lipinski definition) is 0. The Morgan fingerprint density at radius 2 is 2.23 bits per heavy atom.